The Balaban J connectivity index is 0.00000341. The van der Waals surface area contributed by atoms with Crippen molar-refractivity contribution >= 4 is 41.5 Å². The van der Waals surface area contributed by atoms with Gasteiger partial charge in [-0.05, 0) is 31.5 Å². The summed E-state index contributed by atoms with van der Waals surface area (Å²) in [4.78, 5) is 9.76. The standard InChI is InChI=1S/C22H36ClN5O2.HI/c1-3-24-22(25-16-18(2)27-7-11-29-12-8-27)26-17-21(28-9-13-30-14-10-28)19-5-4-6-20(23)15-19;/h4-6,15,18,21H,3,7-14,16-17H2,1-2H3,(H2,24,25,26);1H. The quantitative estimate of drug-likeness (QED) is 0.287. The van der Waals surface area contributed by atoms with Crippen molar-refractivity contribution in [2.24, 2.45) is 4.99 Å². The van der Waals surface area contributed by atoms with Crippen molar-refractivity contribution in [2.45, 2.75) is 25.9 Å². The average molecular weight is 566 g/mol. The van der Waals surface area contributed by atoms with Gasteiger partial charge in [0, 0.05) is 50.3 Å². The summed E-state index contributed by atoms with van der Waals surface area (Å²) < 4.78 is 11.0. The fourth-order valence-corrected chi connectivity index (χ4v) is 4.15. The minimum Gasteiger partial charge on any atom is -0.379 e. The van der Waals surface area contributed by atoms with Crippen LogP contribution in [0.15, 0.2) is 29.3 Å². The first-order chi connectivity index (χ1) is 14.7. The van der Waals surface area contributed by atoms with Crippen LogP contribution in [0.5, 0.6) is 0 Å². The molecule has 0 aliphatic carbocycles. The van der Waals surface area contributed by atoms with E-state index >= 15 is 0 Å². The van der Waals surface area contributed by atoms with E-state index < -0.39 is 0 Å². The van der Waals surface area contributed by atoms with Crippen molar-refractivity contribution in [1.29, 1.82) is 0 Å². The molecule has 2 heterocycles. The van der Waals surface area contributed by atoms with E-state index in [-0.39, 0.29) is 30.0 Å². The summed E-state index contributed by atoms with van der Waals surface area (Å²) in [5.41, 5.74) is 1.22. The van der Waals surface area contributed by atoms with E-state index in [9.17, 15) is 0 Å². The third-order valence-corrected chi connectivity index (χ3v) is 5.94. The summed E-state index contributed by atoms with van der Waals surface area (Å²) >= 11 is 6.29. The lowest BCUT2D eigenvalue weighted by molar-refractivity contribution is 0.0169. The van der Waals surface area contributed by atoms with Gasteiger partial charge in [0.25, 0.3) is 0 Å². The Morgan fingerprint density at radius 3 is 2.32 bits per heavy atom. The maximum absolute atomic E-state index is 6.29. The highest BCUT2D eigenvalue weighted by Crippen LogP contribution is 2.24. The highest BCUT2D eigenvalue weighted by Gasteiger charge is 2.23. The third kappa shape index (κ3) is 8.66. The van der Waals surface area contributed by atoms with Crippen LogP contribution in [0.4, 0.5) is 0 Å². The highest BCUT2D eigenvalue weighted by atomic mass is 127. The van der Waals surface area contributed by atoms with Crippen LogP contribution in [-0.4, -0.2) is 94.0 Å². The molecule has 9 heteroatoms. The van der Waals surface area contributed by atoms with Gasteiger partial charge in [0.15, 0.2) is 5.96 Å². The lowest BCUT2D eigenvalue weighted by Crippen LogP contribution is -2.47. The molecular weight excluding hydrogens is 529 g/mol. The zero-order valence-electron chi connectivity index (χ0n) is 18.7. The molecule has 0 aromatic heterocycles. The molecule has 2 N–H and O–H groups in total. The largest absolute Gasteiger partial charge is 0.379 e. The molecule has 2 atom stereocenters. The van der Waals surface area contributed by atoms with Crippen molar-refractivity contribution in [2.75, 3.05) is 72.2 Å². The predicted octanol–water partition coefficient (Wildman–Crippen LogP) is 2.61. The van der Waals surface area contributed by atoms with Gasteiger partial charge in [-0.3, -0.25) is 14.8 Å². The van der Waals surface area contributed by atoms with Crippen LogP contribution in [-0.2, 0) is 9.47 Å². The number of hydrogen-bond donors (Lipinski definition) is 2. The average Bonchev–Trinajstić information content (AvgIpc) is 2.78. The van der Waals surface area contributed by atoms with Gasteiger partial charge in [0.05, 0.1) is 39.0 Å². The fraction of sp³-hybridized carbons (Fsp3) is 0.682. The maximum Gasteiger partial charge on any atom is 0.191 e. The first-order valence-electron chi connectivity index (χ1n) is 11.1. The molecule has 2 aliphatic rings. The van der Waals surface area contributed by atoms with E-state index in [1.807, 2.05) is 12.1 Å². The van der Waals surface area contributed by atoms with Crippen molar-refractivity contribution in [3.8, 4) is 0 Å². The topological polar surface area (TPSA) is 61.4 Å². The van der Waals surface area contributed by atoms with Gasteiger partial charge in [0.2, 0.25) is 0 Å². The van der Waals surface area contributed by atoms with Gasteiger partial charge in [-0.15, -0.1) is 24.0 Å². The third-order valence-electron chi connectivity index (χ3n) is 5.71. The Bertz CT molecular complexity index is 669. The smallest absolute Gasteiger partial charge is 0.191 e. The van der Waals surface area contributed by atoms with Crippen LogP contribution in [0.1, 0.15) is 25.5 Å². The number of nitrogens with one attached hydrogen (secondary N) is 2. The molecule has 176 valence electrons. The SMILES string of the molecule is CCNC(=NCC(C)N1CCOCC1)NCC(c1cccc(Cl)c1)N1CCOCC1.I. The molecule has 0 radical (unpaired) electrons. The molecule has 0 amide bonds. The van der Waals surface area contributed by atoms with Gasteiger partial charge in [-0.25, -0.2) is 0 Å². The summed E-state index contributed by atoms with van der Waals surface area (Å²) in [6, 6.07) is 8.77. The molecule has 1 aromatic carbocycles. The van der Waals surface area contributed by atoms with Crippen molar-refractivity contribution < 1.29 is 9.47 Å². The number of ether oxygens (including phenoxy) is 2. The number of rotatable bonds is 8. The van der Waals surface area contributed by atoms with Crippen LogP contribution in [0, 0.1) is 0 Å². The number of hydrogen-bond acceptors (Lipinski definition) is 5. The first kappa shape index (κ1) is 26.6. The molecule has 31 heavy (non-hydrogen) atoms. The zero-order chi connectivity index (χ0) is 21.2. The lowest BCUT2D eigenvalue weighted by atomic mass is 10.0. The number of nitrogens with zero attached hydrogens (tertiary/aromatic N) is 3. The molecule has 2 fully saturated rings. The van der Waals surface area contributed by atoms with E-state index in [1.165, 1.54) is 5.56 Å². The second kappa shape index (κ2) is 14.5. The van der Waals surface area contributed by atoms with Gasteiger partial charge in [-0.2, -0.15) is 0 Å². The number of halogens is 2. The lowest BCUT2D eigenvalue weighted by Gasteiger charge is -2.35. The second-order valence-electron chi connectivity index (χ2n) is 7.82. The Morgan fingerprint density at radius 2 is 1.71 bits per heavy atom. The molecule has 7 nitrogen and oxygen atoms in total. The minimum absolute atomic E-state index is 0. The van der Waals surface area contributed by atoms with Gasteiger partial charge in [0.1, 0.15) is 0 Å². The first-order valence-corrected chi connectivity index (χ1v) is 11.5. The zero-order valence-corrected chi connectivity index (χ0v) is 21.8. The number of aliphatic imine (C=N–C) groups is 1. The Labute approximate surface area is 208 Å². The number of benzene rings is 1. The summed E-state index contributed by atoms with van der Waals surface area (Å²) in [6.07, 6.45) is 0. The van der Waals surface area contributed by atoms with Gasteiger partial charge >= 0.3 is 0 Å². The van der Waals surface area contributed by atoms with Crippen LogP contribution in [0.25, 0.3) is 0 Å². The van der Waals surface area contributed by atoms with Crippen molar-refractivity contribution in [1.82, 2.24) is 20.4 Å². The number of morpholine rings is 2. The summed E-state index contributed by atoms with van der Waals surface area (Å²) in [6.45, 7) is 13.6. The minimum atomic E-state index is 0. The van der Waals surface area contributed by atoms with E-state index in [1.54, 1.807) is 0 Å². The van der Waals surface area contributed by atoms with Crippen LogP contribution in [0.2, 0.25) is 5.02 Å². The monoisotopic (exact) mass is 565 g/mol. The molecule has 2 aliphatic heterocycles. The van der Waals surface area contributed by atoms with E-state index in [4.69, 9.17) is 26.1 Å². The molecule has 2 unspecified atom stereocenters. The maximum atomic E-state index is 6.29. The number of guanidine groups is 1. The van der Waals surface area contributed by atoms with Crippen LogP contribution >= 0.6 is 35.6 Å². The van der Waals surface area contributed by atoms with Gasteiger partial charge < -0.3 is 20.1 Å². The highest BCUT2D eigenvalue weighted by molar-refractivity contribution is 14.0. The van der Waals surface area contributed by atoms with Crippen molar-refractivity contribution in [3.05, 3.63) is 34.9 Å². The predicted molar refractivity (Wildman–Crippen MR) is 138 cm³/mol. The van der Waals surface area contributed by atoms with E-state index in [0.29, 0.717) is 6.04 Å². The molecule has 2 saturated heterocycles. The Kier molecular flexibility index (Phi) is 12.4. The van der Waals surface area contributed by atoms with Crippen molar-refractivity contribution in [3.63, 3.8) is 0 Å². The molecule has 0 saturated carbocycles. The second-order valence-corrected chi connectivity index (χ2v) is 8.25. The van der Waals surface area contributed by atoms with E-state index in [0.717, 1.165) is 83.2 Å². The summed E-state index contributed by atoms with van der Waals surface area (Å²) in [5.74, 6) is 0.859. The molecule has 0 spiro atoms. The molecule has 3 rings (SSSR count). The fourth-order valence-electron chi connectivity index (χ4n) is 3.95. The van der Waals surface area contributed by atoms with E-state index in [2.05, 4.69) is 46.4 Å². The molecule has 1 aromatic rings. The normalized spacial score (nSPS) is 20.5. The Morgan fingerprint density at radius 1 is 1.06 bits per heavy atom. The summed E-state index contributed by atoms with van der Waals surface area (Å²) in [7, 11) is 0. The van der Waals surface area contributed by atoms with Crippen LogP contribution < -0.4 is 10.6 Å². The van der Waals surface area contributed by atoms with Crippen LogP contribution in [0.3, 0.4) is 0 Å². The van der Waals surface area contributed by atoms with Gasteiger partial charge in [-0.1, -0.05) is 23.7 Å². The summed E-state index contributed by atoms with van der Waals surface area (Å²) in [5, 5.41) is 7.72. The molecular formula is C22H37ClIN5O2. The molecule has 0 bridgehead atoms. The Hall–Kier alpha value is -0.650.